The molecule has 10 nitrogen and oxygen atoms in total. The van der Waals surface area contributed by atoms with Gasteiger partial charge in [-0.1, -0.05) is 11.6 Å². The third-order valence-corrected chi connectivity index (χ3v) is 8.98. The summed E-state index contributed by atoms with van der Waals surface area (Å²) in [5.41, 5.74) is 3.57. The number of anilines is 6. The van der Waals surface area contributed by atoms with Gasteiger partial charge in [-0.05, 0) is 65.1 Å². The number of aryl methyl sites for hydroxylation is 1. The first kappa shape index (κ1) is 28.7. The minimum absolute atomic E-state index is 0.284. The molecule has 0 amide bonds. The molecule has 210 valence electrons. The van der Waals surface area contributed by atoms with Gasteiger partial charge in [-0.2, -0.15) is 4.98 Å². The zero-order valence-electron chi connectivity index (χ0n) is 23.2. The first-order valence-electron chi connectivity index (χ1n) is 12.7. The lowest BCUT2D eigenvalue weighted by molar-refractivity contribution is 0.312. The van der Waals surface area contributed by atoms with Crippen molar-refractivity contribution in [2.45, 2.75) is 32.4 Å². The van der Waals surface area contributed by atoms with E-state index in [1.54, 1.807) is 52.3 Å². The van der Waals surface area contributed by atoms with Crippen LogP contribution >= 0.6 is 11.6 Å². The Hall–Kier alpha value is -3.28. The van der Waals surface area contributed by atoms with Gasteiger partial charge < -0.3 is 25.2 Å². The molecule has 39 heavy (non-hydrogen) atoms. The molecule has 1 aliphatic heterocycles. The Kier molecular flexibility index (Phi) is 8.43. The molecule has 2 aromatic carbocycles. The Labute approximate surface area is 235 Å². The van der Waals surface area contributed by atoms with Crippen molar-refractivity contribution < 1.29 is 13.2 Å². The van der Waals surface area contributed by atoms with Crippen LogP contribution in [0.25, 0.3) is 0 Å². The van der Waals surface area contributed by atoms with E-state index < -0.39 is 14.8 Å². The van der Waals surface area contributed by atoms with Crippen molar-refractivity contribution in [2.75, 3.05) is 60.6 Å². The Morgan fingerprint density at radius 2 is 1.72 bits per heavy atom. The van der Waals surface area contributed by atoms with Crippen molar-refractivity contribution >= 4 is 56.1 Å². The molecule has 0 unspecified atom stereocenters. The normalized spacial score (nSPS) is 14.7. The molecular weight excluding hydrogens is 538 g/mol. The number of ether oxygens (including phenoxy) is 1. The van der Waals surface area contributed by atoms with Crippen LogP contribution in [-0.2, 0) is 10.0 Å². The first-order valence-corrected chi connectivity index (χ1v) is 14.5. The highest BCUT2D eigenvalue weighted by molar-refractivity contribution is 7.94. The molecular formula is C27H36ClN7O3S. The van der Waals surface area contributed by atoms with Gasteiger partial charge in [-0.3, -0.25) is 4.72 Å². The lowest BCUT2D eigenvalue weighted by atomic mass is 10.2. The van der Waals surface area contributed by atoms with Gasteiger partial charge in [-0.15, -0.1) is 0 Å². The van der Waals surface area contributed by atoms with Crippen LogP contribution in [0.5, 0.6) is 5.75 Å². The molecule has 2 heterocycles. The summed E-state index contributed by atoms with van der Waals surface area (Å²) in [5, 5.41) is 6.80. The van der Waals surface area contributed by atoms with Gasteiger partial charge in [0.15, 0.2) is 0 Å². The highest BCUT2D eigenvalue weighted by Crippen LogP contribution is 2.33. The fourth-order valence-corrected chi connectivity index (χ4v) is 4.90. The molecule has 1 aliphatic rings. The molecule has 0 aliphatic carbocycles. The number of methoxy groups -OCH3 is 1. The van der Waals surface area contributed by atoms with E-state index in [2.05, 4.69) is 48.2 Å². The van der Waals surface area contributed by atoms with E-state index in [1.165, 1.54) is 0 Å². The maximum absolute atomic E-state index is 12.7. The summed E-state index contributed by atoms with van der Waals surface area (Å²) in [6.07, 6.45) is 1.71. The summed E-state index contributed by atoms with van der Waals surface area (Å²) in [6.45, 7) is 10.7. The van der Waals surface area contributed by atoms with Crippen molar-refractivity contribution in [3.63, 3.8) is 0 Å². The summed E-state index contributed by atoms with van der Waals surface area (Å²) in [5.74, 6) is 1.64. The molecule has 0 saturated carbocycles. The predicted molar refractivity (Wildman–Crippen MR) is 160 cm³/mol. The molecule has 12 heteroatoms. The Morgan fingerprint density at radius 3 is 2.38 bits per heavy atom. The molecule has 0 spiro atoms. The van der Waals surface area contributed by atoms with Crippen LogP contribution in [0.15, 0.2) is 42.6 Å². The van der Waals surface area contributed by atoms with Gasteiger partial charge in [0, 0.05) is 55.4 Å². The van der Waals surface area contributed by atoms with Gasteiger partial charge >= 0.3 is 0 Å². The van der Waals surface area contributed by atoms with Crippen molar-refractivity contribution in [1.29, 1.82) is 0 Å². The average molecular weight is 574 g/mol. The predicted octanol–water partition coefficient (Wildman–Crippen LogP) is 5.23. The molecule has 0 radical (unpaired) electrons. The van der Waals surface area contributed by atoms with E-state index in [0.717, 1.165) is 43.1 Å². The van der Waals surface area contributed by atoms with E-state index in [1.807, 2.05) is 19.1 Å². The third kappa shape index (κ3) is 6.84. The van der Waals surface area contributed by atoms with Gasteiger partial charge in [0.1, 0.15) is 11.6 Å². The SMILES string of the molecule is COc1cc(N2CCN(C)CC2)ccc1Nc1ncc(C)c(Nc2ccc(Cl)c(NS(=O)(=O)C(C)(C)C)c2)n1. The van der Waals surface area contributed by atoms with Gasteiger partial charge in [-0.25, -0.2) is 13.4 Å². The molecule has 0 bridgehead atoms. The molecule has 0 atom stereocenters. The van der Waals surface area contributed by atoms with Crippen LogP contribution < -0.4 is 25.0 Å². The number of likely N-dealkylation sites (N-methyl/N-ethyl adjacent to an activating group) is 1. The Balaban J connectivity index is 1.53. The fraction of sp³-hybridized carbons (Fsp3) is 0.407. The number of hydrogen-bond acceptors (Lipinski definition) is 9. The van der Waals surface area contributed by atoms with Crippen LogP contribution in [0.3, 0.4) is 0 Å². The lowest BCUT2D eigenvalue weighted by Gasteiger charge is -2.34. The number of nitrogens with one attached hydrogen (secondary N) is 3. The second-order valence-corrected chi connectivity index (χ2v) is 13.4. The maximum atomic E-state index is 12.7. The number of rotatable bonds is 8. The molecule has 4 rings (SSSR count). The smallest absolute Gasteiger partial charge is 0.237 e. The van der Waals surface area contributed by atoms with E-state index in [0.29, 0.717) is 28.2 Å². The zero-order valence-corrected chi connectivity index (χ0v) is 24.7. The average Bonchev–Trinajstić information content (AvgIpc) is 2.88. The van der Waals surface area contributed by atoms with Crippen molar-refractivity contribution in [3.05, 3.63) is 53.2 Å². The van der Waals surface area contributed by atoms with Crippen LogP contribution in [0.2, 0.25) is 5.02 Å². The largest absolute Gasteiger partial charge is 0.494 e. The quantitative estimate of drug-likeness (QED) is 0.333. The van der Waals surface area contributed by atoms with Gasteiger partial charge in [0.2, 0.25) is 16.0 Å². The van der Waals surface area contributed by atoms with Crippen molar-refractivity contribution in [3.8, 4) is 5.75 Å². The topological polar surface area (TPSA) is 112 Å². The van der Waals surface area contributed by atoms with E-state index in [-0.39, 0.29) is 5.69 Å². The second kappa shape index (κ2) is 11.4. The van der Waals surface area contributed by atoms with Gasteiger partial charge in [0.05, 0.1) is 28.3 Å². The number of nitrogens with zero attached hydrogens (tertiary/aromatic N) is 4. The Bertz CT molecular complexity index is 1440. The van der Waals surface area contributed by atoms with Crippen molar-refractivity contribution in [2.24, 2.45) is 0 Å². The molecule has 3 aromatic rings. The van der Waals surface area contributed by atoms with E-state index in [9.17, 15) is 8.42 Å². The number of sulfonamides is 1. The van der Waals surface area contributed by atoms with Crippen LogP contribution in [0.1, 0.15) is 26.3 Å². The Morgan fingerprint density at radius 1 is 1.00 bits per heavy atom. The van der Waals surface area contributed by atoms with Crippen LogP contribution in [-0.4, -0.2) is 68.4 Å². The first-order chi connectivity index (χ1) is 18.4. The van der Waals surface area contributed by atoms with E-state index in [4.69, 9.17) is 16.3 Å². The fourth-order valence-electron chi connectivity index (χ4n) is 3.91. The minimum Gasteiger partial charge on any atom is -0.494 e. The van der Waals surface area contributed by atoms with E-state index >= 15 is 0 Å². The number of piperazine rings is 1. The van der Waals surface area contributed by atoms with Gasteiger partial charge in [0.25, 0.3) is 0 Å². The molecule has 1 aromatic heterocycles. The summed E-state index contributed by atoms with van der Waals surface area (Å²) in [6, 6.07) is 11.1. The standard InChI is InChI=1S/C27H36ClN7O3S/c1-18-17-29-26(31-22-10-8-20(16-24(22)38-6)35-13-11-34(5)12-14-35)32-25(18)30-19-7-9-21(28)23(15-19)33-39(36,37)27(2,3)4/h7-10,15-17,33H,11-14H2,1-6H3,(H2,29,30,31,32). The lowest BCUT2D eigenvalue weighted by Crippen LogP contribution is -2.44. The number of aromatic nitrogens is 2. The molecule has 3 N–H and O–H groups in total. The highest BCUT2D eigenvalue weighted by atomic mass is 35.5. The monoisotopic (exact) mass is 573 g/mol. The number of hydrogen-bond donors (Lipinski definition) is 3. The summed E-state index contributed by atoms with van der Waals surface area (Å²) >= 11 is 6.29. The number of halogens is 1. The summed E-state index contributed by atoms with van der Waals surface area (Å²) in [7, 11) is 0.130. The third-order valence-electron chi connectivity index (χ3n) is 6.55. The minimum atomic E-state index is -3.65. The number of benzene rings is 2. The van der Waals surface area contributed by atoms with Crippen LogP contribution in [0.4, 0.5) is 34.5 Å². The van der Waals surface area contributed by atoms with Crippen LogP contribution in [0, 0.1) is 6.92 Å². The summed E-state index contributed by atoms with van der Waals surface area (Å²) in [4.78, 5) is 13.7. The summed E-state index contributed by atoms with van der Waals surface area (Å²) < 4.78 is 32.6. The molecule has 1 saturated heterocycles. The zero-order chi connectivity index (χ0) is 28.4. The van der Waals surface area contributed by atoms with Crippen molar-refractivity contribution in [1.82, 2.24) is 14.9 Å². The second-order valence-electron chi connectivity index (χ2n) is 10.6. The highest BCUT2D eigenvalue weighted by Gasteiger charge is 2.29. The maximum Gasteiger partial charge on any atom is 0.237 e. The molecule has 1 fully saturated rings.